The lowest BCUT2D eigenvalue weighted by Crippen LogP contribution is -2.25. The van der Waals surface area contributed by atoms with E-state index in [4.69, 9.17) is 15.0 Å². The summed E-state index contributed by atoms with van der Waals surface area (Å²) in [5.74, 6) is 1.79. The molecule has 0 unspecified atom stereocenters. The van der Waals surface area contributed by atoms with Crippen LogP contribution in [0.2, 0.25) is 0 Å². The largest absolute Gasteiger partial charge is 0.208 e. The molecule has 4 heteroatoms. The second kappa shape index (κ2) is 12.9. The van der Waals surface area contributed by atoms with Gasteiger partial charge in [-0.2, -0.15) is 5.26 Å². The lowest BCUT2D eigenvalue weighted by Gasteiger charge is -2.30. The van der Waals surface area contributed by atoms with Crippen LogP contribution in [-0.4, -0.2) is 15.0 Å². The van der Waals surface area contributed by atoms with Crippen molar-refractivity contribution in [3.05, 3.63) is 222 Å². The summed E-state index contributed by atoms with van der Waals surface area (Å²) in [6.45, 7) is 0. The third kappa shape index (κ3) is 5.10. The SMILES string of the molecule is N#Cc1cccc(-c2cccc(-c3nc(-c4ccccc4)nc(-c4cccc(-c5ccc6c(c5)-c5ccccc5C65c6ccccc6-c6ccccc65)c4)n3)c2)c1. The van der Waals surface area contributed by atoms with Gasteiger partial charge in [-0.1, -0.05) is 164 Å². The average molecular weight is 725 g/mol. The van der Waals surface area contributed by atoms with Gasteiger partial charge in [-0.15, -0.1) is 0 Å². The number of nitriles is 1. The van der Waals surface area contributed by atoms with Gasteiger partial charge in [-0.3, -0.25) is 0 Å². The molecule has 0 aliphatic heterocycles. The summed E-state index contributed by atoms with van der Waals surface area (Å²) in [5, 5.41) is 9.52. The Morgan fingerprint density at radius 2 is 0.719 bits per heavy atom. The summed E-state index contributed by atoms with van der Waals surface area (Å²) in [5.41, 5.74) is 17.6. The molecule has 2 aliphatic carbocycles. The summed E-state index contributed by atoms with van der Waals surface area (Å²) in [6.07, 6.45) is 0. The van der Waals surface area contributed by atoms with Gasteiger partial charge in [-0.05, 0) is 97.1 Å². The van der Waals surface area contributed by atoms with Crippen molar-refractivity contribution in [2.24, 2.45) is 0 Å². The van der Waals surface area contributed by atoms with Crippen LogP contribution in [-0.2, 0) is 5.41 Å². The molecule has 1 heterocycles. The summed E-state index contributed by atoms with van der Waals surface area (Å²) in [7, 11) is 0. The molecule has 0 atom stereocenters. The van der Waals surface area contributed by atoms with E-state index in [2.05, 4.69) is 127 Å². The Labute approximate surface area is 331 Å². The van der Waals surface area contributed by atoms with Gasteiger partial charge < -0.3 is 0 Å². The summed E-state index contributed by atoms with van der Waals surface area (Å²) in [4.78, 5) is 15.2. The van der Waals surface area contributed by atoms with Gasteiger partial charge in [0.05, 0.1) is 17.0 Å². The minimum absolute atomic E-state index is 0.371. The zero-order valence-corrected chi connectivity index (χ0v) is 30.8. The molecule has 8 aromatic carbocycles. The van der Waals surface area contributed by atoms with Crippen molar-refractivity contribution in [1.82, 2.24) is 15.0 Å². The Balaban J connectivity index is 1.04. The molecule has 2 aliphatic rings. The molecular weight excluding hydrogens is 693 g/mol. The lowest BCUT2D eigenvalue weighted by molar-refractivity contribution is 0.794. The first-order valence-corrected chi connectivity index (χ1v) is 19.2. The maximum atomic E-state index is 9.52. The summed E-state index contributed by atoms with van der Waals surface area (Å²) in [6, 6.07) is 70.4. The molecule has 264 valence electrons. The van der Waals surface area contributed by atoms with Crippen LogP contribution in [0.5, 0.6) is 0 Å². The molecule has 1 aromatic heterocycles. The number of hydrogen-bond acceptors (Lipinski definition) is 4. The Morgan fingerprint density at radius 3 is 1.28 bits per heavy atom. The molecule has 0 saturated carbocycles. The van der Waals surface area contributed by atoms with E-state index in [0.717, 1.165) is 38.9 Å². The number of hydrogen-bond donors (Lipinski definition) is 0. The molecule has 0 radical (unpaired) electrons. The maximum absolute atomic E-state index is 9.52. The highest BCUT2D eigenvalue weighted by molar-refractivity contribution is 5.96. The molecule has 0 amide bonds. The van der Waals surface area contributed by atoms with Gasteiger partial charge >= 0.3 is 0 Å². The highest BCUT2D eigenvalue weighted by Gasteiger charge is 2.51. The third-order valence-electron chi connectivity index (χ3n) is 11.6. The second-order valence-corrected chi connectivity index (χ2v) is 14.7. The van der Waals surface area contributed by atoms with E-state index < -0.39 is 0 Å². The van der Waals surface area contributed by atoms with Crippen LogP contribution in [0, 0.1) is 11.3 Å². The quantitative estimate of drug-likeness (QED) is 0.177. The van der Waals surface area contributed by atoms with E-state index in [0.29, 0.717) is 23.0 Å². The minimum Gasteiger partial charge on any atom is -0.208 e. The van der Waals surface area contributed by atoms with Crippen LogP contribution in [0.15, 0.2) is 194 Å². The summed E-state index contributed by atoms with van der Waals surface area (Å²) >= 11 is 0. The fourth-order valence-electron chi connectivity index (χ4n) is 9.07. The highest BCUT2D eigenvalue weighted by Crippen LogP contribution is 2.62. The number of benzene rings is 8. The van der Waals surface area contributed by atoms with Crippen molar-refractivity contribution < 1.29 is 0 Å². The number of nitrogens with zero attached hydrogens (tertiary/aromatic N) is 4. The van der Waals surface area contributed by atoms with E-state index in [9.17, 15) is 5.26 Å². The molecular formula is C53H32N4. The normalized spacial score (nSPS) is 12.7. The van der Waals surface area contributed by atoms with Crippen molar-refractivity contribution in [2.45, 2.75) is 5.41 Å². The minimum atomic E-state index is -0.371. The fourth-order valence-corrected chi connectivity index (χ4v) is 9.07. The number of rotatable bonds is 5. The van der Waals surface area contributed by atoms with E-state index in [-0.39, 0.29) is 5.41 Å². The van der Waals surface area contributed by atoms with Crippen molar-refractivity contribution >= 4 is 0 Å². The standard InChI is InChI=1S/C53H32N4/c54-33-34-13-10-16-36(29-34)37-17-11-19-40(30-37)51-55-50(35-14-2-1-3-15-35)56-52(57-51)41-20-12-18-38(31-41)39-27-28-49-45(32-39)44-23-6-9-26-48(44)53(49)46-24-7-4-21-42(46)43-22-5-8-25-47(43)53/h1-32H. The molecule has 0 N–H and O–H groups in total. The van der Waals surface area contributed by atoms with Gasteiger partial charge in [0, 0.05) is 16.7 Å². The van der Waals surface area contributed by atoms with Gasteiger partial charge in [0.1, 0.15) is 0 Å². The van der Waals surface area contributed by atoms with Crippen LogP contribution in [0.1, 0.15) is 27.8 Å². The Hall–Kier alpha value is -7.74. The molecule has 0 saturated heterocycles. The lowest BCUT2D eigenvalue weighted by atomic mass is 9.70. The predicted molar refractivity (Wildman–Crippen MR) is 228 cm³/mol. The zero-order valence-electron chi connectivity index (χ0n) is 30.8. The van der Waals surface area contributed by atoms with Crippen molar-refractivity contribution in [1.29, 1.82) is 5.26 Å². The molecule has 57 heavy (non-hydrogen) atoms. The van der Waals surface area contributed by atoms with Gasteiger partial charge in [0.15, 0.2) is 17.5 Å². The maximum Gasteiger partial charge on any atom is 0.164 e. The number of aromatic nitrogens is 3. The number of fused-ring (bicyclic) bond motifs is 10. The van der Waals surface area contributed by atoms with Gasteiger partial charge in [-0.25, -0.2) is 15.0 Å². The Kier molecular flexibility index (Phi) is 7.42. The van der Waals surface area contributed by atoms with E-state index >= 15 is 0 Å². The van der Waals surface area contributed by atoms with Crippen molar-refractivity contribution in [3.8, 4) is 84.7 Å². The van der Waals surface area contributed by atoms with Crippen LogP contribution in [0.3, 0.4) is 0 Å². The molecule has 1 spiro atoms. The van der Waals surface area contributed by atoms with Gasteiger partial charge in [0.25, 0.3) is 0 Å². The van der Waals surface area contributed by atoms with Crippen LogP contribution >= 0.6 is 0 Å². The van der Waals surface area contributed by atoms with Gasteiger partial charge in [0.2, 0.25) is 0 Å². The first kappa shape index (κ1) is 32.7. The fraction of sp³-hybridized carbons (Fsp3) is 0.0189. The predicted octanol–water partition coefficient (Wildman–Crippen LogP) is 12.4. The first-order chi connectivity index (χ1) is 28.2. The van der Waals surface area contributed by atoms with Crippen LogP contribution < -0.4 is 0 Å². The topological polar surface area (TPSA) is 62.5 Å². The Bertz CT molecular complexity index is 3060. The molecule has 4 nitrogen and oxygen atoms in total. The van der Waals surface area contributed by atoms with Crippen LogP contribution in [0.4, 0.5) is 0 Å². The van der Waals surface area contributed by atoms with Crippen LogP contribution in [0.25, 0.3) is 78.7 Å². The zero-order chi connectivity index (χ0) is 37.9. The van der Waals surface area contributed by atoms with Crippen molar-refractivity contribution in [3.63, 3.8) is 0 Å². The molecule has 0 fully saturated rings. The molecule has 9 aromatic rings. The Morgan fingerprint density at radius 1 is 0.316 bits per heavy atom. The van der Waals surface area contributed by atoms with E-state index in [1.165, 1.54) is 44.5 Å². The second-order valence-electron chi connectivity index (χ2n) is 14.7. The first-order valence-electron chi connectivity index (χ1n) is 19.2. The summed E-state index contributed by atoms with van der Waals surface area (Å²) < 4.78 is 0. The monoisotopic (exact) mass is 724 g/mol. The van der Waals surface area contributed by atoms with Crippen molar-refractivity contribution in [2.75, 3.05) is 0 Å². The molecule has 0 bridgehead atoms. The highest BCUT2D eigenvalue weighted by atomic mass is 15.0. The average Bonchev–Trinajstić information content (AvgIpc) is 3.76. The third-order valence-corrected chi connectivity index (χ3v) is 11.6. The smallest absolute Gasteiger partial charge is 0.164 e. The van der Waals surface area contributed by atoms with E-state index in [1.807, 2.05) is 72.8 Å². The van der Waals surface area contributed by atoms with E-state index in [1.54, 1.807) is 0 Å². The molecule has 11 rings (SSSR count).